The smallest absolute Gasteiger partial charge is 0.326 e. The Morgan fingerprint density at radius 2 is 0.810 bits per heavy atom. The Kier molecular flexibility index (Phi) is 8.83. The minimum absolute atomic E-state index is 0.160. The monoisotopic (exact) mass is 570 g/mol. The molecule has 2 aliphatic rings. The predicted octanol–water partition coefficient (Wildman–Crippen LogP) is 2.34. The quantitative estimate of drug-likeness (QED) is 0.192. The van der Waals surface area contributed by atoms with Crippen LogP contribution in [0, 0.1) is 0 Å². The van der Waals surface area contributed by atoms with Crippen LogP contribution in [0.25, 0.3) is 0 Å². The van der Waals surface area contributed by atoms with Crippen LogP contribution >= 0.6 is 0 Å². The molecule has 2 aliphatic heterocycles. The molecule has 2 heterocycles. The molecule has 2 saturated heterocycles. The van der Waals surface area contributed by atoms with Gasteiger partial charge in [-0.2, -0.15) is 0 Å². The molecular formula is C32H38N6O4+2. The minimum Gasteiger partial charge on any atom is -0.326 e. The fourth-order valence-corrected chi connectivity index (χ4v) is 5.85. The first kappa shape index (κ1) is 29.6. The Labute approximate surface area is 245 Å². The molecule has 42 heavy (non-hydrogen) atoms. The maximum atomic E-state index is 13.1. The fourth-order valence-electron chi connectivity index (χ4n) is 5.85. The largest absolute Gasteiger partial charge is 0.341 e. The number of nitrogens with zero attached hydrogens (tertiary/aromatic N) is 2. The molecule has 0 spiro atoms. The van der Waals surface area contributed by atoms with Gasteiger partial charge in [0.15, 0.2) is 0 Å². The fraction of sp³-hybridized carbons (Fsp3) is 0.312. The zero-order valence-corrected chi connectivity index (χ0v) is 23.7. The molecule has 0 aliphatic carbocycles. The second-order valence-electron chi connectivity index (χ2n) is 11.0. The van der Waals surface area contributed by atoms with Crippen molar-refractivity contribution in [1.29, 1.82) is 0 Å². The van der Waals surface area contributed by atoms with Gasteiger partial charge in [0.25, 0.3) is 0 Å². The molecule has 0 bridgehead atoms. The standard InChI is InChI=1S/C32H38N6O4/c33-17-23-4-1-8-27(14-23)21-37(29(39)10-11-30(37)40)35-19-25-6-3-7-26(16-25)20-36-38(31(41)12-13-32(38)42)22-28-9-2-5-24(15-28)18-34/h1-9,14-16,35-36H,10-13,17-22,33-34H2/q+2. The molecule has 3 aromatic rings. The molecule has 6 N–H and O–H groups in total. The maximum Gasteiger partial charge on any atom is 0.341 e. The van der Waals surface area contributed by atoms with Crippen molar-refractivity contribution in [2.75, 3.05) is 0 Å². The lowest BCUT2D eigenvalue weighted by molar-refractivity contribution is -0.835. The molecule has 0 radical (unpaired) electrons. The Bertz CT molecular complexity index is 1380. The van der Waals surface area contributed by atoms with Crippen molar-refractivity contribution in [3.63, 3.8) is 0 Å². The number of imide groups is 2. The molecule has 0 aromatic heterocycles. The van der Waals surface area contributed by atoms with Gasteiger partial charge in [-0.05, 0) is 34.4 Å². The van der Waals surface area contributed by atoms with Gasteiger partial charge in [-0.3, -0.25) is 0 Å². The lowest BCUT2D eigenvalue weighted by Crippen LogP contribution is -2.60. The van der Waals surface area contributed by atoms with Gasteiger partial charge in [-0.25, -0.2) is 19.2 Å². The number of nitrogens with one attached hydrogen (secondary N) is 2. The van der Waals surface area contributed by atoms with Gasteiger partial charge in [0.1, 0.15) is 13.1 Å². The molecule has 3 aromatic carbocycles. The first-order valence-corrected chi connectivity index (χ1v) is 14.3. The SMILES string of the molecule is NCc1cccc(C[N+]2(NCc3cccc(CN[N+]4(Cc5cccc(CN)c5)C(=O)CCC4=O)c3)C(=O)CCC2=O)c1. The van der Waals surface area contributed by atoms with Crippen molar-refractivity contribution in [2.45, 2.75) is 65.0 Å². The van der Waals surface area contributed by atoms with E-state index in [1.54, 1.807) is 0 Å². The van der Waals surface area contributed by atoms with Crippen molar-refractivity contribution < 1.29 is 28.4 Å². The van der Waals surface area contributed by atoms with Crippen LogP contribution in [0.1, 0.15) is 59.1 Å². The molecular weight excluding hydrogens is 532 g/mol. The summed E-state index contributed by atoms with van der Waals surface area (Å²) in [7, 11) is 0. The molecule has 5 rings (SSSR count). The van der Waals surface area contributed by atoms with E-state index < -0.39 is 9.18 Å². The Balaban J connectivity index is 1.31. The molecule has 0 atom stereocenters. The van der Waals surface area contributed by atoms with Crippen LogP contribution in [-0.4, -0.2) is 32.8 Å². The third-order valence-corrected chi connectivity index (χ3v) is 8.20. The van der Waals surface area contributed by atoms with Crippen molar-refractivity contribution in [3.8, 4) is 0 Å². The van der Waals surface area contributed by atoms with E-state index in [9.17, 15) is 19.2 Å². The van der Waals surface area contributed by atoms with Gasteiger partial charge in [0.2, 0.25) is 0 Å². The molecule has 10 nitrogen and oxygen atoms in total. The zero-order chi connectivity index (χ0) is 29.7. The average Bonchev–Trinajstić information content (AvgIpc) is 3.44. The summed E-state index contributed by atoms with van der Waals surface area (Å²) in [6.07, 6.45) is 0.788. The van der Waals surface area contributed by atoms with Crippen LogP contribution < -0.4 is 22.3 Å². The van der Waals surface area contributed by atoms with Crippen molar-refractivity contribution in [3.05, 3.63) is 106 Å². The average molecular weight is 571 g/mol. The molecule has 2 fully saturated rings. The number of quaternary nitrogens is 2. The molecule has 218 valence electrons. The highest BCUT2D eigenvalue weighted by Gasteiger charge is 2.51. The van der Waals surface area contributed by atoms with Gasteiger partial charge in [-0.15, -0.1) is 20.0 Å². The second-order valence-corrected chi connectivity index (χ2v) is 11.0. The molecule has 4 amide bonds. The van der Waals surface area contributed by atoms with E-state index in [1.165, 1.54) is 0 Å². The summed E-state index contributed by atoms with van der Waals surface area (Å²) >= 11 is 0. The Morgan fingerprint density at radius 1 is 0.500 bits per heavy atom. The third kappa shape index (κ3) is 6.00. The number of carbonyl (C=O) groups excluding carboxylic acids is 4. The summed E-state index contributed by atoms with van der Waals surface area (Å²) in [5, 5.41) is 0. The number of hydrogen-bond acceptors (Lipinski definition) is 8. The highest BCUT2D eigenvalue weighted by Crippen LogP contribution is 2.27. The molecule has 0 unspecified atom stereocenters. The van der Waals surface area contributed by atoms with E-state index in [2.05, 4.69) is 10.9 Å². The first-order chi connectivity index (χ1) is 20.3. The van der Waals surface area contributed by atoms with Gasteiger partial charge >= 0.3 is 23.6 Å². The van der Waals surface area contributed by atoms with Crippen LogP contribution in [0.3, 0.4) is 0 Å². The predicted molar refractivity (Wildman–Crippen MR) is 155 cm³/mol. The summed E-state index contributed by atoms with van der Waals surface area (Å²) in [5.41, 5.74) is 23.4. The third-order valence-electron chi connectivity index (χ3n) is 8.20. The van der Waals surface area contributed by atoms with E-state index in [-0.39, 0.29) is 75.5 Å². The van der Waals surface area contributed by atoms with Crippen molar-refractivity contribution in [1.82, 2.24) is 10.9 Å². The zero-order valence-electron chi connectivity index (χ0n) is 23.7. The van der Waals surface area contributed by atoms with Gasteiger partial charge in [-0.1, -0.05) is 60.7 Å². The van der Waals surface area contributed by atoms with Crippen molar-refractivity contribution in [2.24, 2.45) is 11.5 Å². The number of hydrogen-bond donors (Lipinski definition) is 4. The number of likely N-dealkylation sites (tertiary alicyclic amines) is 2. The number of amides is 4. The molecule has 0 saturated carbocycles. The second kappa shape index (κ2) is 12.5. The highest BCUT2D eigenvalue weighted by molar-refractivity contribution is 5.92. The number of benzene rings is 3. The van der Waals surface area contributed by atoms with Crippen LogP contribution in [0.15, 0.2) is 72.8 Å². The van der Waals surface area contributed by atoms with Crippen LogP contribution in [0.5, 0.6) is 0 Å². The number of rotatable bonds is 12. The van der Waals surface area contributed by atoms with Crippen LogP contribution in [0.4, 0.5) is 0 Å². The topological polar surface area (TPSA) is 144 Å². The Hall–Kier alpha value is -3.90. The van der Waals surface area contributed by atoms with E-state index in [0.717, 1.165) is 33.4 Å². The molecule has 10 heteroatoms. The van der Waals surface area contributed by atoms with Gasteiger partial charge in [0.05, 0.1) is 38.8 Å². The van der Waals surface area contributed by atoms with E-state index in [4.69, 9.17) is 11.5 Å². The van der Waals surface area contributed by atoms with Crippen molar-refractivity contribution >= 4 is 23.6 Å². The Morgan fingerprint density at radius 3 is 1.17 bits per heavy atom. The van der Waals surface area contributed by atoms with E-state index in [0.29, 0.717) is 13.1 Å². The first-order valence-electron chi connectivity index (χ1n) is 14.3. The highest BCUT2D eigenvalue weighted by atomic mass is 16.2. The lowest BCUT2D eigenvalue weighted by atomic mass is 10.1. The van der Waals surface area contributed by atoms with E-state index in [1.807, 2.05) is 72.8 Å². The summed E-state index contributed by atoms with van der Waals surface area (Å²) in [5.74, 6) is -0.640. The van der Waals surface area contributed by atoms with E-state index >= 15 is 0 Å². The van der Waals surface area contributed by atoms with Crippen LogP contribution in [0.2, 0.25) is 0 Å². The minimum atomic E-state index is -0.443. The summed E-state index contributed by atoms with van der Waals surface area (Å²) in [6, 6.07) is 22.9. The van der Waals surface area contributed by atoms with Gasteiger partial charge in [0, 0.05) is 24.2 Å². The summed E-state index contributed by atoms with van der Waals surface area (Å²) in [4.78, 5) is 52.3. The summed E-state index contributed by atoms with van der Waals surface area (Å²) in [6.45, 7) is 1.74. The normalized spacial score (nSPS) is 17.8. The lowest BCUT2D eigenvalue weighted by Gasteiger charge is -2.29. The maximum absolute atomic E-state index is 13.1. The van der Waals surface area contributed by atoms with Crippen LogP contribution in [-0.2, 0) is 58.4 Å². The number of carbonyl (C=O) groups is 4. The summed E-state index contributed by atoms with van der Waals surface area (Å²) < 4.78 is -0.886. The number of nitrogens with two attached hydrogens (primary N) is 2. The van der Waals surface area contributed by atoms with Gasteiger partial charge < -0.3 is 11.5 Å².